The summed E-state index contributed by atoms with van der Waals surface area (Å²) >= 11 is 0. The Bertz CT molecular complexity index is 1120. The SMILES string of the molecule is C=CCc1cccc2c1[nH]c1ccccc12.c1ccc2ncccc2c1. The summed E-state index contributed by atoms with van der Waals surface area (Å²) in [4.78, 5) is 7.66. The van der Waals surface area contributed by atoms with Crippen LogP contribution in [-0.4, -0.2) is 9.97 Å². The molecule has 2 heteroatoms. The van der Waals surface area contributed by atoms with Crippen LogP contribution in [0, 0.1) is 0 Å². The quantitative estimate of drug-likeness (QED) is 0.377. The third-order valence-electron chi connectivity index (χ3n) is 4.50. The van der Waals surface area contributed by atoms with Gasteiger partial charge in [0, 0.05) is 27.9 Å². The summed E-state index contributed by atoms with van der Waals surface area (Å²) in [5, 5.41) is 3.79. The Kier molecular flexibility index (Phi) is 4.48. The van der Waals surface area contributed by atoms with Gasteiger partial charge in [0.15, 0.2) is 0 Å². The molecule has 5 aromatic rings. The summed E-state index contributed by atoms with van der Waals surface area (Å²) in [6.45, 7) is 3.80. The minimum Gasteiger partial charge on any atom is -0.354 e. The maximum Gasteiger partial charge on any atom is 0.0701 e. The third kappa shape index (κ3) is 3.09. The van der Waals surface area contributed by atoms with Gasteiger partial charge < -0.3 is 4.98 Å². The van der Waals surface area contributed by atoms with Crippen molar-refractivity contribution in [2.75, 3.05) is 0 Å². The molecule has 0 saturated carbocycles. The van der Waals surface area contributed by atoms with Gasteiger partial charge in [0.1, 0.15) is 0 Å². The maximum atomic E-state index is 4.18. The van der Waals surface area contributed by atoms with Crippen molar-refractivity contribution in [2.24, 2.45) is 0 Å². The van der Waals surface area contributed by atoms with E-state index in [-0.39, 0.29) is 0 Å². The summed E-state index contributed by atoms with van der Waals surface area (Å²) in [5.74, 6) is 0. The zero-order valence-electron chi connectivity index (χ0n) is 14.5. The molecular weight excluding hydrogens is 316 g/mol. The molecular formula is C24H20N2. The summed E-state index contributed by atoms with van der Waals surface area (Å²) in [6.07, 6.45) is 4.66. The average Bonchev–Trinajstić information content (AvgIpc) is 3.09. The van der Waals surface area contributed by atoms with E-state index in [4.69, 9.17) is 0 Å². The highest BCUT2D eigenvalue weighted by molar-refractivity contribution is 6.08. The molecule has 26 heavy (non-hydrogen) atoms. The molecule has 0 saturated heterocycles. The average molecular weight is 336 g/mol. The lowest BCUT2D eigenvalue weighted by molar-refractivity contribution is 1.29. The molecule has 0 unspecified atom stereocenters. The molecule has 3 aromatic carbocycles. The van der Waals surface area contributed by atoms with Gasteiger partial charge in [0.25, 0.3) is 0 Å². The van der Waals surface area contributed by atoms with Crippen molar-refractivity contribution in [2.45, 2.75) is 6.42 Å². The number of fused-ring (bicyclic) bond motifs is 4. The minimum atomic E-state index is 0.907. The highest BCUT2D eigenvalue weighted by Crippen LogP contribution is 2.27. The van der Waals surface area contributed by atoms with Crippen LogP contribution in [0.15, 0.2) is 97.7 Å². The van der Waals surface area contributed by atoms with Gasteiger partial charge in [-0.25, -0.2) is 0 Å². The van der Waals surface area contributed by atoms with Gasteiger partial charge in [-0.2, -0.15) is 0 Å². The number of nitrogens with zero attached hydrogens (tertiary/aromatic N) is 1. The van der Waals surface area contributed by atoms with Gasteiger partial charge in [0.05, 0.1) is 11.0 Å². The van der Waals surface area contributed by atoms with E-state index >= 15 is 0 Å². The van der Waals surface area contributed by atoms with Gasteiger partial charge in [0.2, 0.25) is 0 Å². The standard InChI is InChI=1S/C15H13N.C9H7N/c1-2-6-11-7-5-9-13-12-8-3-4-10-14(12)16-15(11)13;1-2-6-9-8(4-1)5-3-7-10-9/h2-5,7-10,16H,1,6H2;1-7H. The zero-order valence-corrected chi connectivity index (χ0v) is 14.5. The number of H-pyrrole nitrogens is 1. The number of hydrogen-bond donors (Lipinski definition) is 1. The summed E-state index contributed by atoms with van der Waals surface area (Å²) < 4.78 is 0. The number of nitrogens with one attached hydrogen (secondary N) is 1. The molecule has 0 aliphatic carbocycles. The van der Waals surface area contributed by atoms with Gasteiger partial charge in [-0.1, -0.05) is 66.7 Å². The van der Waals surface area contributed by atoms with E-state index < -0.39 is 0 Å². The van der Waals surface area contributed by atoms with E-state index in [1.807, 2.05) is 36.5 Å². The van der Waals surface area contributed by atoms with E-state index in [1.54, 1.807) is 0 Å². The van der Waals surface area contributed by atoms with Gasteiger partial charge in [-0.15, -0.1) is 6.58 Å². The summed E-state index contributed by atoms with van der Waals surface area (Å²) in [7, 11) is 0. The van der Waals surface area contributed by atoms with Crippen LogP contribution < -0.4 is 0 Å². The Morgan fingerprint density at radius 3 is 2.46 bits per heavy atom. The molecule has 0 aliphatic heterocycles. The summed E-state index contributed by atoms with van der Waals surface area (Å²) in [6, 6.07) is 26.9. The number of hydrogen-bond acceptors (Lipinski definition) is 1. The number of para-hydroxylation sites is 3. The van der Waals surface area contributed by atoms with Crippen LogP contribution >= 0.6 is 0 Å². The number of aromatic nitrogens is 2. The summed E-state index contributed by atoms with van der Waals surface area (Å²) in [5.41, 5.74) is 4.81. The number of aromatic amines is 1. The molecule has 2 aromatic heterocycles. The van der Waals surface area contributed by atoms with E-state index in [1.165, 1.54) is 32.8 Å². The predicted octanol–water partition coefficient (Wildman–Crippen LogP) is 6.28. The van der Waals surface area contributed by atoms with E-state index in [0.29, 0.717) is 0 Å². The molecule has 0 amide bonds. The van der Waals surface area contributed by atoms with E-state index in [0.717, 1.165) is 11.9 Å². The molecule has 5 rings (SSSR count). The number of rotatable bonds is 2. The van der Waals surface area contributed by atoms with Crippen molar-refractivity contribution in [3.8, 4) is 0 Å². The monoisotopic (exact) mass is 336 g/mol. The maximum absolute atomic E-state index is 4.18. The fraction of sp³-hybridized carbons (Fsp3) is 0.0417. The second-order valence-corrected chi connectivity index (χ2v) is 6.20. The molecule has 0 aliphatic rings. The Balaban J connectivity index is 0.000000144. The van der Waals surface area contributed by atoms with Crippen molar-refractivity contribution in [1.82, 2.24) is 9.97 Å². The topological polar surface area (TPSA) is 28.7 Å². The fourth-order valence-corrected chi connectivity index (χ4v) is 3.28. The van der Waals surface area contributed by atoms with Crippen LogP contribution in [0.5, 0.6) is 0 Å². The number of pyridine rings is 1. The molecule has 0 bridgehead atoms. The molecule has 126 valence electrons. The highest BCUT2D eigenvalue weighted by atomic mass is 14.7. The van der Waals surface area contributed by atoms with Gasteiger partial charge >= 0.3 is 0 Å². The molecule has 0 atom stereocenters. The van der Waals surface area contributed by atoms with Crippen LogP contribution in [0.25, 0.3) is 32.7 Å². The lowest BCUT2D eigenvalue weighted by Gasteiger charge is -1.98. The zero-order chi connectivity index (χ0) is 17.8. The second kappa shape index (κ2) is 7.24. The van der Waals surface area contributed by atoms with Crippen LogP contribution in [0.4, 0.5) is 0 Å². The first-order valence-corrected chi connectivity index (χ1v) is 8.76. The predicted molar refractivity (Wildman–Crippen MR) is 111 cm³/mol. The Morgan fingerprint density at radius 2 is 1.58 bits per heavy atom. The third-order valence-corrected chi connectivity index (χ3v) is 4.50. The van der Waals surface area contributed by atoms with Crippen molar-refractivity contribution in [3.63, 3.8) is 0 Å². The minimum absolute atomic E-state index is 0.907. The number of allylic oxidation sites excluding steroid dienone is 1. The molecule has 0 radical (unpaired) electrons. The molecule has 2 nitrogen and oxygen atoms in total. The lowest BCUT2D eigenvalue weighted by atomic mass is 10.1. The van der Waals surface area contributed by atoms with Gasteiger partial charge in [-0.05, 0) is 30.2 Å². The molecule has 2 heterocycles. The van der Waals surface area contributed by atoms with E-state index in [2.05, 4.69) is 71.1 Å². The second-order valence-electron chi connectivity index (χ2n) is 6.20. The Hall–Kier alpha value is -3.39. The first kappa shape index (κ1) is 16.1. The molecule has 1 N–H and O–H groups in total. The first-order chi connectivity index (χ1) is 12.9. The molecule has 0 fully saturated rings. The Morgan fingerprint density at radius 1 is 0.808 bits per heavy atom. The largest absolute Gasteiger partial charge is 0.354 e. The lowest BCUT2D eigenvalue weighted by Crippen LogP contribution is -1.82. The van der Waals surface area contributed by atoms with E-state index in [9.17, 15) is 0 Å². The smallest absolute Gasteiger partial charge is 0.0701 e. The van der Waals surface area contributed by atoms with Crippen LogP contribution in [-0.2, 0) is 6.42 Å². The van der Waals surface area contributed by atoms with Crippen molar-refractivity contribution >= 4 is 32.7 Å². The van der Waals surface area contributed by atoms with Crippen LogP contribution in [0.2, 0.25) is 0 Å². The normalized spacial score (nSPS) is 10.6. The molecule has 0 spiro atoms. The highest BCUT2D eigenvalue weighted by Gasteiger charge is 2.05. The van der Waals surface area contributed by atoms with Crippen LogP contribution in [0.1, 0.15) is 5.56 Å². The van der Waals surface area contributed by atoms with Crippen molar-refractivity contribution in [3.05, 3.63) is 103 Å². The Labute approximate surface area is 152 Å². The van der Waals surface area contributed by atoms with Crippen molar-refractivity contribution < 1.29 is 0 Å². The number of benzene rings is 3. The van der Waals surface area contributed by atoms with Crippen molar-refractivity contribution in [1.29, 1.82) is 0 Å². The van der Waals surface area contributed by atoms with Gasteiger partial charge in [-0.3, -0.25) is 4.98 Å². The fourth-order valence-electron chi connectivity index (χ4n) is 3.28. The van der Waals surface area contributed by atoms with Crippen LogP contribution in [0.3, 0.4) is 0 Å². The first-order valence-electron chi connectivity index (χ1n) is 8.76.